The fraction of sp³-hybridized carbons (Fsp3) is 0.286. The van der Waals surface area contributed by atoms with Crippen molar-refractivity contribution in [2.24, 2.45) is 7.05 Å². The molecule has 2 rings (SSSR count). The second-order valence-electron chi connectivity index (χ2n) is 4.48. The molecule has 18 heavy (non-hydrogen) atoms. The maximum Gasteiger partial charge on any atom is 0.171 e. The number of rotatable bonds is 3. The van der Waals surface area contributed by atoms with Gasteiger partial charge in [0, 0.05) is 12.7 Å². The van der Waals surface area contributed by atoms with Gasteiger partial charge in [0.2, 0.25) is 0 Å². The molecule has 2 aromatic rings. The van der Waals surface area contributed by atoms with Crippen LogP contribution < -0.4 is 0 Å². The van der Waals surface area contributed by atoms with E-state index < -0.39 is 5.82 Å². The molecule has 0 spiro atoms. The number of carbonyl (C=O) groups excluding carboxylic acids is 1. The van der Waals surface area contributed by atoms with Crippen LogP contribution in [0, 0.1) is 19.7 Å². The van der Waals surface area contributed by atoms with E-state index in [9.17, 15) is 9.18 Å². The molecule has 1 heterocycles. The van der Waals surface area contributed by atoms with E-state index >= 15 is 0 Å². The molecule has 0 aliphatic carbocycles. The molecule has 0 radical (unpaired) electrons. The van der Waals surface area contributed by atoms with Crippen molar-refractivity contribution in [3.8, 4) is 0 Å². The van der Waals surface area contributed by atoms with Gasteiger partial charge in [-0.05, 0) is 32.0 Å². The molecule has 0 aliphatic rings. The lowest BCUT2D eigenvalue weighted by molar-refractivity contribution is 0.0987. The lowest BCUT2D eigenvalue weighted by Crippen LogP contribution is -2.09. The summed E-state index contributed by atoms with van der Waals surface area (Å²) in [5, 5.41) is 4.17. The fourth-order valence-corrected chi connectivity index (χ4v) is 1.94. The van der Waals surface area contributed by atoms with Crippen LogP contribution in [-0.4, -0.2) is 15.6 Å². The number of nitrogens with zero attached hydrogens (tertiary/aromatic N) is 2. The molecule has 0 atom stereocenters. The van der Waals surface area contributed by atoms with Crippen LogP contribution in [0.4, 0.5) is 4.39 Å². The number of aryl methyl sites for hydroxylation is 3. The summed E-state index contributed by atoms with van der Waals surface area (Å²) < 4.78 is 15.2. The third kappa shape index (κ3) is 2.47. The molecular formula is C14H15FN2O. The summed E-state index contributed by atoms with van der Waals surface area (Å²) in [6.07, 6.45) is 0.164. The van der Waals surface area contributed by atoms with E-state index in [4.69, 9.17) is 0 Å². The second kappa shape index (κ2) is 4.72. The summed E-state index contributed by atoms with van der Waals surface area (Å²) in [6, 6.07) is 6.41. The Hall–Kier alpha value is -1.97. The Balaban J connectivity index is 2.27. The summed E-state index contributed by atoms with van der Waals surface area (Å²) in [5.74, 6) is -0.691. The van der Waals surface area contributed by atoms with Crippen molar-refractivity contribution >= 4 is 5.78 Å². The summed E-state index contributed by atoms with van der Waals surface area (Å²) in [5.41, 5.74) is 2.67. The van der Waals surface area contributed by atoms with Crippen molar-refractivity contribution in [2.45, 2.75) is 20.3 Å². The minimum absolute atomic E-state index is 0.147. The molecular weight excluding hydrogens is 231 g/mol. The molecule has 0 saturated heterocycles. The van der Waals surface area contributed by atoms with Gasteiger partial charge in [0.1, 0.15) is 5.82 Å². The maximum atomic E-state index is 13.6. The van der Waals surface area contributed by atoms with Crippen molar-refractivity contribution in [3.63, 3.8) is 0 Å². The number of carbonyl (C=O) groups is 1. The summed E-state index contributed by atoms with van der Waals surface area (Å²) >= 11 is 0. The number of hydrogen-bond donors (Lipinski definition) is 0. The van der Waals surface area contributed by atoms with Gasteiger partial charge in [-0.1, -0.05) is 11.6 Å². The van der Waals surface area contributed by atoms with Gasteiger partial charge in [0.15, 0.2) is 5.78 Å². The van der Waals surface area contributed by atoms with E-state index in [2.05, 4.69) is 5.10 Å². The second-order valence-corrected chi connectivity index (χ2v) is 4.48. The van der Waals surface area contributed by atoms with Crippen molar-refractivity contribution in [1.29, 1.82) is 0 Å². The first kappa shape index (κ1) is 12.5. The van der Waals surface area contributed by atoms with Crippen LogP contribution in [0.25, 0.3) is 0 Å². The van der Waals surface area contributed by atoms with Crippen molar-refractivity contribution in [2.75, 3.05) is 0 Å². The Kier molecular flexibility index (Phi) is 3.28. The predicted molar refractivity (Wildman–Crippen MR) is 67.1 cm³/mol. The van der Waals surface area contributed by atoms with Crippen LogP contribution in [-0.2, 0) is 13.5 Å². The zero-order valence-electron chi connectivity index (χ0n) is 10.7. The normalized spacial score (nSPS) is 10.7. The predicted octanol–water partition coefficient (Wildman–Crippen LogP) is 2.60. The van der Waals surface area contributed by atoms with Crippen LogP contribution in [0.2, 0.25) is 0 Å². The largest absolute Gasteiger partial charge is 0.294 e. The molecule has 3 nitrogen and oxygen atoms in total. The molecule has 0 fully saturated rings. The monoisotopic (exact) mass is 246 g/mol. The number of benzene rings is 1. The third-order valence-corrected chi connectivity index (χ3v) is 2.86. The van der Waals surface area contributed by atoms with E-state index in [1.54, 1.807) is 23.9 Å². The quantitative estimate of drug-likeness (QED) is 0.780. The van der Waals surface area contributed by atoms with Crippen LogP contribution in [0.15, 0.2) is 24.3 Å². The Bertz CT molecular complexity index is 602. The number of ketones is 1. The Morgan fingerprint density at radius 3 is 2.67 bits per heavy atom. The van der Waals surface area contributed by atoms with Crippen molar-refractivity contribution in [1.82, 2.24) is 9.78 Å². The number of aromatic nitrogens is 2. The van der Waals surface area contributed by atoms with Crippen LogP contribution in [0.5, 0.6) is 0 Å². The van der Waals surface area contributed by atoms with E-state index in [1.165, 1.54) is 6.07 Å². The molecule has 0 bridgehead atoms. The van der Waals surface area contributed by atoms with Gasteiger partial charge in [0.05, 0.1) is 17.7 Å². The third-order valence-electron chi connectivity index (χ3n) is 2.86. The lowest BCUT2D eigenvalue weighted by atomic mass is 10.0. The number of Topliss-reactive ketones (excluding diaryl/α,β-unsaturated/α-hetero) is 1. The van der Waals surface area contributed by atoms with Gasteiger partial charge in [-0.25, -0.2) is 4.39 Å². The smallest absolute Gasteiger partial charge is 0.171 e. The molecule has 1 aromatic heterocycles. The van der Waals surface area contributed by atoms with Crippen LogP contribution in [0.1, 0.15) is 27.3 Å². The molecule has 0 aliphatic heterocycles. The van der Waals surface area contributed by atoms with E-state index in [0.29, 0.717) is 0 Å². The van der Waals surface area contributed by atoms with E-state index in [-0.39, 0.29) is 17.8 Å². The zero-order chi connectivity index (χ0) is 13.3. The fourth-order valence-electron chi connectivity index (χ4n) is 1.94. The molecule has 4 heteroatoms. The molecule has 94 valence electrons. The van der Waals surface area contributed by atoms with Gasteiger partial charge in [-0.15, -0.1) is 0 Å². The van der Waals surface area contributed by atoms with Crippen molar-refractivity contribution < 1.29 is 9.18 Å². The van der Waals surface area contributed by atoms with Crippen molar-refractivity contribution in [3.05, 3.63) is 52.6 Å². The highest BCUT2D eigenvalue weighted by molar-refractivity contribution is 5.97. The maximum absolute atomic E-state index is 13.6. The Labute approximate surface area is 105 Å². The molecule has 1 aromatic carbocycles. The summed E-state index contributed by atoms with van der Waals surface area (Å²) in [6.45, 7) is 3.70. The first-order valence-corrected chi connectivity index (χ1v) is 5.76. The minimum Gasteiger partial charge on any atom is -0.294 e. The highest BCUT2D eigenvalue weighted by Gasteiger charge is 2.14. The SMILES string of the molecule is Cc1ccc(F)c(C(=O)Cc2cc(C)nn2C)c1. The molecule has 0 N–H and O–H groups in total. The van der Waals surface area contributed by atoms with E-state index in [1.807, 2.05) is 19.9 Å². The van der Waals surface area contributed by atoms with Crippen LogP contribution >= 0.6 is 0 Å². The standard InChI is InChI=1S/C14H15FN2O/c1-9-4-5-13(15)12(6-9)14(18)8-11-7-10(2)16-17(11)3/h4-7H,8H2,1-3H3. The summed E-state index contributed by atoms with van der Waals surface area (Å²) in [4.78, 5) is 12.1. The lowest BCUT2D eigenvalue weighted by Gasteiger charge is -2.04. The van der Waals surface area contributed by atoms with Gasteiger partial charge >= 0.3 is 0 Å². The molecule has 0 saturated carbocycles. The average Bonchev–Trinajstić information content (AvgIpc) is 2.61. The molecule has 0 unspecified atom stereocenters. The van der Waals surface area contributed by atoms with Crippen LogP contribution in [0.3, 0.4) is 0 Å². The zero-order valence-corrected chi connectivity index (χ0v) is 10.7. The topological polar surface area (TPSA) is 34.9 Å². The minimum atomic E-state index is -0.468. The average molecular weight is 246 g/mol. The summed E-state index contributed by atoms with van der Waals surface area (Å²) in [7, 11) is 1.78. The number of halogens is 1. The van der Waals surface area contributed by atoms with Gasteiger partial charge in [0.25, 0.3) is 0 Å². The highest BCUT2D eigenvalue weighted by atomic mass is 19.1. The van der Waals surface area contributed by atoms with E-state index in [0.717, 1.165) is 17.0 Å². The number of hydrogen-bond acceptors (Lipinski definition) is 2. The van der Waals surface area contributed by atoms with Gasteiger partial charge in [-0.3, -0.25) is 9.48 Å². The van der Waals surface area contributed by atoms with Gasteiger partial charge < -0.3 is 0 Å². The molecule has 0 amide bonds. The first-order valence-electron chi connectivity index (χ1n) is 5.76. The van der Waals surface area contributed by atoms with Gasteiger partial charge in [-0.2, -0.15) is 5.10 Å². The Morgan fingerprint density at radius 1 is 1.33 bits per heavy atom. The first-order chi connectivity index (χ1) is 8.47. The Morgan fingerprint density at radius 2 is 2.06 bits per heavy atom. The highest BCUT2D eigenvalue weighted by Crippen LogP contribution is 2.14.